The molecule has 1 atom stereocenters. The van der Waals surface area contributed by atoms with Gasteiger partial charge in [0.15, 0.2) is 0 Å². The molecule has 2 aromatic rings. The van der Waals surface area contributed by atoms with E-state index >= 15 is 0 Å². The first kappa shape index (κ1) is 22.1. The minimum atomic E-state index is -0.757. The Labute approximate surface area is 199 Å². The third kappa shape index (κ3) is 3.92. The van der Waals surface area contributed by atoms with Crippen LogP contribution < -0.4 is 16.4 Å². The molecule has 2 amide bonds. The van der Waals surface area contributed by atoms with Gasteiger partial charge in [-0.05, 0) is 47.6 Å². The van der Waals surface area contributed by atoms with Gasteiger partial charge < -0.3 is 16.4 Å². The normalized spacial score (nSPS) is 21.6. The van der Waals surface area contributed by atoms with Crippen LogP contribution in [-0.4, -0.2) is 41.3 Å². The van der Waals surface area contributed by atoms with E-state index in [1.807, 2.05) is 12.1 Å². The first-order chi connectivity index (χ1) is 16.5. The zero-order chi connectivity index (χ0) is 23.7. The third-order valence-electron chi connectivity index (χ3n) is 7.11. The molecule has 0 bridgehead atoms. The highest BCUT2D eigenvalue weighted by molar-refractivity contribution is 5.95. The highest BCUT2D eigenvalue weighted by Crippen LogP contribution is 2.46. The predicted octanol–water partition coefficient (Wildman–Crippen LogP) is 2.00. The molecule has 0 radical (unpaired) electrons. The van der Waals surface area contributed by atoms with Crippen LogP contribution in [0.4, 0.5) is 0 Å². The lowest BCUT2D eigenvalue weighted by atomic mass is 9.78. The van der Waals surface area contributed by atoms with Crippen molar-refractivity contribution in [3.05, 3.63) is 101 Å². The largest absolute Gasteiger partial charge is 0.385 e. The van der Waals surface area contributed by atoms with Gasteiger partial charge in [-0.25, -0.2) is 0 Å². The highest BCUT2D eigenvalue weighted by atomic mass is 16.2. The molecule has 1 spiro atoms. The maximum Gasteiger partial charge on any atom is 0.269 e. The van der Waals surface area contributed by atoms with E-state index in [0.717, 1.165) is 42.8 Å². The molecule has 0 saturated heterocycles. The Morgan fingerprint density at radius 3 is 2.85 bits per heavy atom. The quantitative estimate of drug-likeness (QED) is 0.579. The monoisotopic (exact) mass is 455 g/mol. The van der Waals surface area contributed by atoms with E-state index < -0.39 is 5.41 Å². The van der Waals surface area contributed by atoms with Crippen LogP contribution in [0.25, 0.3) is 0 Å². The van der Waals surface area contributed by atoms with Gasteiger partial charge in [0.05, 0.1) is 5.41 Å². The number of aromatic nitrogens is 1. The molecule has 2 aliphatic heterocycles. The molecular formula is C27H29N5O2. The number of fused-ring (bicyclic) bond motifs is 2. The number of hydrogen-bond donors (Lipinski definition) is 3. The maximum atomic E-state index is 12.8. The van der Waals surface area contributed by atoms with Gasteiger partial charge in [-0.15, -0.1) is 0 Å². The van der Waals surface area contributed by atoms with Crippen molar-refractivity contribution in [3.63, 3.8) is 0 Å². The Bertz CT molecular complexity index is 1230. The summed E-state index contributed by atoms with van der Waals surface area (Å²) in [4.78, 5) is 32.4. The van der Waals surface area contributed by atoms with E-state index in [-0.39, 0.29) is 11.8 Å². The lowest BCUT2D eigenvalue weighted by Crippen LogP contribution is -2.38. The smallest absolute Gasteiger partial charge is 0.269 e. The van der Waals surface area contributed by atoms with Gasteiger partial charge >= 0.3 is 0 Å². The summed E-state index contributed by atoms with van der Waals surface area (Å²) in [6.07, 6.45) is 9.04. The summed E-state index contributed by atoms with van der Waals surface area (Å²) in [5.74, 6) is 0.0695. The Kier molecular flexibility index (Phi) is 5.79. The van der Waals surface area contributed by atoms with Crippen molar-refractivity contribution < 1.29 is 9.59 Å². The summed E-state index contributed by atoms with van der Waals surface area (Å²) in [6, 6.07) is 10.3. The van der Waals surface area contributed by atoms with Gasteiger partial charge in [0, 0.05) is 37.9 Å². The van der Waals surface area contributed by atoms with Gasteiger partial charge in [-0.2, -0.15) is 0 Å². The van der Waals surface area contributed by atoms with E-state index in [0.29, 0.717) is 30.9 Å². The van der Waals surface area contributed by atoms with Crippen molar-refractivity contribution >= 4 is 11.8 Å². The van der Waals surface area contributed by atoms with Crippen LogP contribution in [0, 0.1) is 5.41 Å². The minimum Gasteiger partial charge on any atom is -0.385 e. The summed E-state index contributed by atoms with van der Waals surface area (Å²) in [5, 5.41) is 5.78. The van der Waals surface area contributed by atoms with Crippen LogP contribution in [0.3, 0.4) is 0 Å². The molecule has 1 aromatic heterocycles. The number of pyridine rings is 1. The molecule has 7 nitrogen and oxygen atoms in total. The van der Waals surface area contributed by atoms with Crippen molar-refractivity contribution in [3.8, 4) is 0 Å². The Hall–Kier alpha value is -3.71. The van der Waals surface area contributed by atoms with Gasteiger partial charge in [-0.1, -0.05) is 49.1 Å². The molecule has 3 heterocycles. The second-order valence-corrected chi connectivity index (χ2v) is 9.20. The molecule has 7 heteroatoms. The van der Waals surface area contributed by atoms with Crippen LogP contribution in [0.15, 0.2) is 72.7 Å². The van der Waals surface area contributed by atoms with Crippen molar-refractivity contribution in [2.45, 2.75) is 25.8 Å². The van der Waals surface area contributed by atoms with Gasteiger partial charge in [-0.3, -0.25) is 19.5 Å². The number of carbonyl (C=O) groups excluding carboxylic acids is 2. The van der Waals surface area contributed by atoms with Crippen molar-refractivity contribution in [1.82, 2.24) is 20.5 Å². The molecule has 1 aromatic carbocycles. The average molecular weight is 456 g/mol. The fraction of sp³-hybridized carbons (Fsp3) is 0.296. The van der Waals surface area contributed by atoms with Crippen molar-refractivity contribution in [1.29, 1.82) is 0 Å². The number of rotatable bonds is 6. The van der Waals surface area contributed by atoms with Crippen LogP contribution in [-0.2, 0) is 30.6 Å². The topological polar surface area (TPSA) is 100 Å². The predicted molar refractivity (Wildman–Crippen MR) is 131 cm³/mol. The maximum absolute atomic E-state index is 12.8. The fourth-order valence-corrected chi connectivity index (χ4v) is 5.30. The number of allylic oxidation sites excluding steroid dienone is 3. The summed E-state index contributed by atoms with van der Waals surface area (Å²) in [7, 11) is 0. The average Bonchev–Trinajstić information content (AvgIpc) is 3.33. The molecule has 5 rings (SSSR count). The molecule has 34 heavy (non-hydrogen) atoms. The lowest BCUT2D eigenvalue weighted by molar-refractivity contribution is -0.126. The summed E-state index contributed by atoms with van der Waals surface area (Å²) < 4.78 is 0. The molecule has 4 N–H and O–H groups in total. The summed E-state index contributed by atoms with van der Waals surface area (Å²) in [5.41, 5.74) is 11.2. The number of benzene rings is 1. The number of nitrogens with zero attached hydrogens (tertiary/aromatic N) is 2. The van der Waals surface area contributed by atoms with Crippen molar-refractivity contribution in [2.75, 3.05) is 19.6 Å². The first-order valence-electron chi connectivity index (χ1n) is 11.7. The minimum absolute atomic E-state index is 0.112. The van der Waals surface area contributed by atoms with E-state index in [4.69, 9.17) is 5.73 Å². The molecule has 3 aliphatic rings. The van der Waals surface area contributed by atoms with Crippen LogP contribution in [0.2, 0.25) is 0 Å². The van der Waals surface area contributed by atoms with E-state index in [1.165, 1.54) is 11.1 Å². The number of carbonyl (C=O) groups is 2. The number of hydrogen-bond acceptors (Lipinski definition) is 5. The second kappa shape index (κ2) is 8.91. The number of nitrogens with two attached hydrogens (primary N) is 1. The van der Waals surface area contributed by atoms with Crippen LogP contribution >= 0.6 is 0 Å². The Balaban J connectivity index is 1.22. The van der Waals surface area contributed by atoms with Crippen molar-refractivity contribution in [2.24, 2.45) is 11.1 Å². The number of nitrogens with one attached hydrogen (secondary N) is 2. The molecule has 1 aliphatic carbocycles. The highest BCUT2D eigenvalue weighted by Gasteiger charge is 2.51. The van der Waals surface area contributed by atoms with E-state index in [9.17, 15) is 9.59 Å². The van der Waals surface area contributed by atoms with Gasteiger partial charge in [0.25, 0.3) is 5.91 Å². The third-order valence-corrected chi connectivity index (χ3v) is 7.11. The van der Waals surface area contributed by atoms with Crippen LogP contribution in [0.5, 0.6) is 0 Å². The molecule has 1 unspecified atom stereocenters. The first-order valence-corrected chi connectivity index (χ1v) is 11.7. The molecular weight excluding hydrogens is 426 g/mol. The zero-order valence-corrected chi connectivity index (χ0v) is 19.1. The van der Waals surface area contributed by atoms with Gasteiger partial charge in [0.2, 0.25) is 5.91 Å². The standard InChI is InChI=1S/C27H29N5O2/c1-2-3-8-22-24(28)31-26(34)27(22)14-20-13-23(30-16-21(20)15-27)25(33)29-10-12-32-11-9-18-6-4-5-7-19(18)17-32/h2-8,13,16H,1,9-12,14-15,17,28H2,(H,29,33)(H,31,34)/b8-3-. The second-order valence-electron chi connectivity index (χ2n) is 9.20. The fourth-order valence-electron chi connectivity index (χ4n) is 5.30. The summed E-state index contributed by atoms with van der Waals surface area (Å²) >= 11 is 0. The van der Waals surface area contributed by atoms with E-state index in [2.05, 4.69) is 51.4 Å². The molecule has 0 fully saturated rings. The molecule has 0 saturated carbocycles. The lowest BCUT2D eigenvalue weighted by Gasteiger charge is -2.28. The molecule has 174 valence electrons. The van der Waals surface area contributed by atoms with Crippen LogP contribution in [0.1, 0.15) is 32.7 Å². The zero-order valence-electron chi connectivity index (χ0n) is 19.1. The van der Waals surface area contributed by atoms with E-state index in [1.54, 1.807) is 18.3 Å². The SMILES string of the molecule is C=C/C=C\C1=C(N)NC(=O)C12Cc1cnc(C(=O)NCCN3CCc4ccccc4C3)cc1C2. The van der Waals surface area contributed by atoms with Gasteiger partial charge in [0.1, 0.15) is 11.5 Å². The Morgan fingerprint density at radius 2 is 2.03 bits per heavy atom. The Morgan fingerprint density at radius 1 is 1.24 bits per heavy atom. The summed E-state index contributed by atoms with van der Waals surface area (Å²) in [6.45, 7) is 6.95. The number of amides is 2.